The SMILES string of the molecule is C=CC(=O)N1C[C@H](C)n2nc(-c3nc(N4CCC5(CC4)COC5)c4scc(F)c4c3-c3c(F)cc(F)cc3OCC3CC(O)C3)cc2[C@H]1C. The Bertz CT molecular complexity index is 1960. The molecular weight excluding hydrogens is 655 g/mol. The second-order valence-electron chi connectivity index (χ2n) is 14.1. The van der Waals surface area contributed by atoms with Gasteiger partial charge in [0.15, 0.2) is 0 Å². The van der Waals surface area contributed by atoms with E-state index >= 15 is 8.78 Å². The Labute approximate surface area is 285 Å². The van der Waals surface area contributed by atoms with Crippen LogP contribution >= 0.6 is 11.3 Å². The van der Waals surface area contributed by atoms with E-state index < -0.39 is 23.6 Å². The molecule has 49 heavy (non-hydrogen) atoms. The molecule has 0 radical (unpaired) electrons. The summed E-state index contributed by atoms with van der Waals surface area (Å²) < 4.78 is 61.3. The van der Waals surface area contributed by atoms with Gasteiger partial charge in [0.25, 0.3) is 0 Å². The quantitative estimate of drug-likeness (QED) is 0.217. The van der Waals surface area contributed by atoms with Crippen LogP contribution in [0.25, 0.3) is 32.6 Å². The molecule has 3 aromatic heterocycles. The fourth-order valence-corrected chi connectivity index (χ4v) is 8.74. The molecule has 1 aromatic carbocycles. The van der Waals surface area contributed by atoms with Crippen LogP contribution in [0.3, 0.4) is 0 Å². The van der Waals surface area contributed by atoms with Gasteiger partial charge in [0.2, 0.25) is 5.91 Å². The molecule has 1 spiro atoms. The van der Waals surface area contributed by atoms with Crippen LogP contribution in [0.15, 0.2) is 36.2 Å². The zero-order valence-corrected chi connectivity index (χ0v) is 28.2. The van der Waals surface area contributed by atoms with E-state index in [-0.39, 0.29) is 63.9 Å². The molecule has 4 aromatic rings. The molecule has 2 saturated heterocycles. The Kier molecular flexibility index (Phi) is 7.99. The number of thiophene rings is 1. The van der Waals surface area contributed by atoms with E-state index in [2.05, 4.69) is 11.5 Å². The standard InChI is InChI=1S/C36H38F3N5O4S/c1-4-29(46)43-14-19(2)44-27(20(43)3)13-26(41-44)33-32(30-24(38)11-22(37)12-28(30)48-15-21-9-23(45)10-21)31-25(39)16-49-34(31)35(40-33)42-7-5-36(6-8-42)17-47-18-36/h4,11-13,16,19-21,23,45H,1,5-10,14-15,17-18H2,2-3H3/t19-,20+,21?,23?/m0/s1. The highest BCUT2D eigenvalue weighted by Crippen LogP contribution is 2.50. The first-order valence-electron chi connectivity index (χ1n) is 16.8. The second kappa shape index (κ2) is 12.1. The van der Waals surface area contributed by atoms with Crippen LogP contribution in [0.2, 0.25) is 0 Å². The molecule has 3 fully saturated rings. The van der Waals surface area contributed by atoms with Crippen LogP contribution < -0.4 is 9.64 Å². The van der Waals surface area contributed by atoms with Crippen LogP contribution in [0.5, 0.6) is 5.75 Å². The third kappa shape index (κ3) is 5.41. The Hall–Kier alpha value is -3.94. The normalized spacial score (nSPS) is 24.4. The first kappa shape index (κ1) is 32.3. The molecule has 9 nitrogen and oxygen atoms in total. The molecule has 1 saturated carbocycles. The van der Waals surface area contributed by atoms with Crippen molar-refractivity contribution in [1.29, 1.82) is 0 Å². The number of carbonyl (C=O) groups excluding carboxylic acids is 1. The molecule has 2 atom stereocenters. The second-order valence-corrected chi connectivity index (χ2v) is 15.0. The summed E-state index contributed by atoms with van der Waals surface area (Å²) in [6.07, 6.45) is 3.74. The van der Waals surface area contributed by atoms with Crippen LogP contribution in [0.1, 0.15) is 57.3 Å². The molecular formula is C36H38F3N5O4S. The van der Waals surface area contributed by atoms with E-state index in [0.29, 0.717) is 48.7 Å². The first-order valence-corrected chi connectivity index (χ1v) is 17.7. The molecule has 4 aliphatic rings. The van der Waals surface area contributed by atoms with Crippen molar-refractivity contribution in [2.24, 2.45) is 11.3 Å². The van der Waals surface area contributed by atoms with E-state index in [9.17, 15) is 14.3 Å². The number of aliphatic hydroxyl groups excluding tert-OH is 1. The molecule has 3 aliphatic heterocycles. The van der Waals surface area contributed by atoms with E-state index in [0.717, 1.165) is 43.9 Å². The van der Waals surface area contributed by atoms with E-state index in [1.807, 2.05) is 24.6 Å². The highest BCUT2D eigenvalue weighted by molar-refractivity contribution is 7.18. The van der Waals surface area contributed by atoms with Gasteiger partial charge in [-0.2, -0.15) is 5.10 Å². The number of piperidine rings is 1. The highest BCUT2D eigenvalue weighted by Gasteiger charge is 2.42. The number of anilines is 1. The summed E-state index contributed by atoms with van der Waals surface area (Å²) >= 11 is 1.20. The third-order valence-electron chi connectivity index (χ3n) is 10.8. The Morgan fingerprint density at radius 3 is 2.57 bits per heavy atom. The predicted octanol–water partition coefficient (Wildman–Crippen LogP) is 6.66. The lowest BCUT2D eigenvalue weighted by atomic mass is 9.77. The lowest BCUT2D eigenvalue weighted by molar-refractivity contribution is -0.129. The lowest BCUT2D eigenvalue weighted by Gasteiger charge is -2.47. The van der Waals surface area contributed by atoms with Gasteiger partial charge in [0.1, 0.15) is 40.4 Å². The van der Waals surface area contributed by atoms with Crippen molar-refractivity contribution in [1.82, 2.24) is 19.7 Å². The minimum absolute atomic E-state index is 0.0274. The summed E-state index contributed by atoms with van der Waals surface area (Å²) in [5.41, 5.74) is 1.55. The van der Waals surface area contributed by atoms with Gasteiger partial charge in [-0.05, 0) is 57.6 Å². The summed E-state index contributed by atoms with van der Waals surface area (Å²) in [5, 5.41) is 16.3. The zero-order chi connectivity index (χ0) is 34.2. The number of nitrogens with zero attached hydrogens (tertiary/aromatic N) is 5. The van der Waals surface area contributed by atoms with Crippen LogP contribution in [-0.4, -0.2) is 76.2 Å². The van der Waals surface area contributed by atoms with Crippen molar-refractivity contribution in [3.8, 4) is 28.3 Å². The lowest BCUT2D eigenvalue weighted by Crippen LogP contribution is -2.51. The topological polar surface area (TPSA) is 93.0 Å². The maximum atomic E-state index is 16.2. The van der Waals surface area contributed by atoms with Crippen molar-refractivity contribution < 1.29 is 32.5 Å². The molecule has 1 aliphatic carbocycles. The molecule has 13 heteroatoms. The number of rotatable bonds is 7. The van der Waals surface area contributed by atoms with Crippen LogP contribution in [0, 0.1) is 28.8 Å². The van der Waals surface area contributed by atoms with Crippen molar-refractivity contribution >= 4 is 33.1 Å². The number of ether oxygens (including phenoxy) is 2. The van der Waals surface area contributed by atoms with E-state index in [4.69, 9.17) is 19.6 Å². The number of aliphatic hydroxyl groups is 1. The number of hydrogen-bond acceptors (Lipinski definition) is 8. The molecule has 1 N–H and O–H groups in total. The molecule has 258 valence electrons. The van der Waals surface area contributed by atoms with Gasteiger partial charge < -0.3 is 24.4 Å². The summed E-state index contributed by atoms with van der Waals surface area (Å²) in [4.78, 5) is 21.8. The zero-order valence-electron chi connectivity index (χ0n) is 27.4. The largest absolute Gasteiger partial charge is 0.492 e. The molecule has 6 heterocycles. The maximum Gasteiger partial charge on any atom is 0.246 e. The predicted molar refractivity (Wildman–Crippen MR) is 180 cm³/mol. The van der Waals surface area contributed by atoms with Gasteiger partial charge in [-0.3, -0.25) is 9.48 Å². The van der Waals surface area contributed by atoms with Gasteiger partial charge in [0, 0.05) is 53.5 Å². The van der Waals surface area contributed by atoms with Crippen LogP contribution in [-0.2, 0) is 9.53 Å². The van der Waals surface area contributed by atoms with Crippen molar-refractivity contribution in [3.05, 3.63) is 59.4 Å². The Morgan fingerprint density at radius 1 is 1.14 bits per heavy atom. The van der Waals surface area contributed by atoms with E-state index in [1.54, 1.807) is 4.90 Å². The Balaban J connectivity index is 1.33. The summed E-state index contributed by atoms with van der Waals surface area (Å²) in [6, 6.07) is 3.16. The average molecular weight is 694 g/mol. The number of carbonyl (C=O) groups is 1. The van der Waals surface area contributed by atoms with Gasteiger partial charge >= 0.3 is 0 Å². The number of halogens is 3. The number of aromatic nitrogens is 3. The minimum atomic E-state index is -0.912. The summed E-state index contributed by atoms with van der Waals surface area (Å²) in [7, 11) is 0. The number of fused-ring (bicyclic) bond motifs is 2. The summed E-state index contributed by atoms with van der Waals surface area (Å²) in [6.45, 7) is 10.9. The first-order chi connectivity index (χ1) is 23.6. The fourth-order valence-electron chi connectivity index (χ4n) is 7.80. The van der Waals surface area contributed by atoms with Crippen molar-refractivity contribution in [3.63, 3.8) is 0 Å². The van der Waals surface area contributed by atoms with Gasteiger partial charge in [0.05, 0.1) is 54.0 Å². The monoisotopic (exact) mass is 693 g/mol. The minimum Gasteiger partial charge on any atom is -0.492 e. The number of benzene rings is 1. The molecule has 8 rings (SSSR count). The van der Waals surface area contributed by atoms with Crippen molar-refractivity contribution in [2.75, 3.05) is 44.4 Å². The fraction of sp³-hybridized carbons (Fsp3) is 0.472. The van der Waals surface area contributed by atoms with Crippen molar-refractivity contribution in [2.45, 2.75) is 57.7 Å². The maximum absolute atomic E-state index is 16.2. The number of pyridine rings is 1. The molecule has 0 bridgehead atoms. The van der Waals surface area contributed by atoms with Gasteiger partial charge in [-0.25, -0.2) is 18.2 Å². The number of amides is 1. The highest BCUT2D eigenvalue weighted by atomic mass is 32.1. The van der Waals surface area contributed by atoms with Gasteiger partial charge in [-0.1, -0.05) is 6.58 Å². The number of hydrogen-bond donors (Lipinski definition) is 1. The molecule has 1 amide bonds. The smallest absolute Gasteiger partial charge is 0.246 e. The molecule has 0 unspecified atom stereocenters. The van der Waals surface area contributed by atoms with Crippen LogP contribution in [0.4, 0.5) is 19.0 Å². The van der Waals surface area contributed by atoms with E-state index in [1.165, 1.54) is 22.8 Å². The Morgan fingerprint density at radius 2 is 1.90 bits per heavy atom. The third-order valence-corrected chi connectivity index (χ3v) is 11.7. The average Bonchev–Trinajstić information content (AvgIpc) is 3.68. The summed E-state index contributed by atoms with van der Waals surface area (Å²) in [5.74, 6) is -1.95. The van der Waals surface area contributed by atoms with Gasteiger partial charge in [-0.15, -0.1) is 11.3 Å².